The first kappa shape index (κ1) is 15.2. The fourth-order valence-corrected chi connectivity index (χ4v) is 2.57. The Kier molecular flexibility index (Phi) is 4.22. The Hall–Kier alpha value is -0.890. The normalized spacial score (nSPS) is 18.9. The summed E-state index contributed by atoms with van der Waals surface area (Å²) in [5.41, 5.74) is -1.52. The summed E-state index contributed by atoms with van der Waals surface area (Å²) < 4.78 is 43.9. The minimum absolute atomic E-state index is 0.00502. The number of rotatable bonds is 4. The van der Waals surface area contributed by atoms with E-state index in [-0.39, 0.29) is 19.8 Å². The standard InChI is InChI=1S/C10H18FNO5S/c1-9(2,3)17-8(13)12-4-10(5-16-6-10)7-18(11,14)15/h4-7H2,1-3H3,(H,12,13). The van der Waals surface area contributed by atoms with E-state index in [1.165, 1.54) is 0 Å². The van der Waals surface area contributed by atoms with E-state index in [1.54, 1.807) is 20.8 Å². The molecule has 0 radical (unpaired) electrons. The highest BCUT2D eigenvalue weighted by Crippen LogP contribution is 2.29. The highest BCUT2D eigenvalue weighted by Gasteiger charge is 2.43. The van der Waals surface area contributed by atoms with Crippen molar-refractivity contribution in [3.63, 3.8) is 0 Å². The van der Waals surface area contributed by atoms with Crippen LogP contribution in [0.5, 0.6) is 0 Å². The zero-order valence-corrected chi connectivity index (χ0v) is 11.5. The highest BCUT2D eigenvalue weighted by molar-refractivity contribution is 7.86. The number of amides is 1. The molecule has 18 heavy (non-hydrogen) atoms. The molecule has 1 heterocycles. The lowest BCUT2D eigenvalue weighted by Gasteiger charge is -2.40. The van der Waals surface area contributed by atoms with Crippen LogP contribution in [0.2, 0.25) is 0 Å². The molecule has 0 aliphatic carbocycles. The average Bonchev–Trinajstić information content (AvgIpc) is 2.04. The maximum atomic E-state index is 12.7. The van der Waals surface area contributed by atoms with Crippen molar-refractivity contribution in [1.82, 2.24) is 5.32 Å². The van der Waals surface area contributed by atoms with Gasteiger partial charge in [-0.1, -0.05) is 0 Å². The topological polar surface area (TPSA) is 81.7 Å². The van der Waals surface area contributed by atoms with Gasteiger partial charge in [0.15, 0.2) is 0 Å². The summed E-state index contributed by atoms with van der Waals surface area (Å²) in [6.07, 6.45) is -0.662. The molecule has 1 rings (SSSR count). The van der Waals surface area contributed by atoms with E-state index in [1.807, 2.05) is 0 Å². The molecule has 0 aromatic carbocycles. The molecule has 1 N–H and O–H groups in total. The third-order valence-corrected chi connectivity index (χ3v) is 3.26. The summed E-state index contributed by atoms with van der Waals surface area (Å²) in [7, 11) is -4.60. The van der Waals surface area contributed by atoms with E-state index in [0.29, 0.717) is 0 Å². The molecule has 1 aliphatic rings. The van der Waals surface area contributed by atoms with Crippen molar-refractivity contribution >= 4 is 16.3 Å². The summed E-state index contributed by atoms with van der Waals surface area (Å²) >= 11 is 0. The molecule has 0 unspecified atom stereocenters. The van der Waals surface area contributed by atoms with Crippen LogP contribution in [-0.2, 0) is 19.7 Å². The lowest BCUT2D eigenvalue weighted by Crippen LogP contribution is -2.54. The minimum atomic E-state index is -4.60. The second kappa shape index (κ2) is 5.00. The Morgan fingerprint density at radius 2 is 2.00 bits per heavy atom. The molecule has 1 fully saturated rings. The number of carbonyl (C=O) groups is 1. The molecule has 8 heteroatoms. The molecular formula is C10H18FNO5S. The molecule has 0 atom stereocenters. The van der Waals surface area contributed by atoms with Crippen LogP contribution >= 0.6 is 0 Å². The van der Waals surface area contributed by atoms with Gasteiger partial charge in [0.05, 0.1) is 24.4 Å². The summed E-state index contributed by atoms with van der Waals surface area (Å²) in [5.74, 6) is -0.657. The quantitative estimate of drug-likeness (QED) is 0.773. The molecule has 6 nitrogen and oxygen atoms in total. The van der Waals surface area contributed by atoms with Crippen molar-refractivity contribution in [3.8, 4) is 0 Å². The smallest absolute Gasteiger partial charge is 0.407 e. The van der Waals surface area contributed by atoms with Gasteiger partial charge < -0.3 is 14.8 Å². The fourth-order valence-electron chi connectivity index (χ4n) is 1.57. The van der Waals surface area contributed by atoms with E-state index in [2.05, 4.69) is 5.32 Å². The maximum Gasteiger partial charge on any atom is 0.407 e. The van der Waals surface area contributed by atoms with Crippen LogP contribution in [0.25, 0.3) is 0 Å². The van der Waals surface area contributed by atoms with Gasteiger partial charge in [0.25, 0.3) is 0 Å². The molecule has 0 aromatic rings. The van der Waals surface area contributed by atoms with Crippen LogP contribution in [0, 0.1) is 5.41 Å². The zero-order valence-electron chi connectivity index (χ0n) is 10.7. The second-order valence-electron chi connectivity index (χ2n) is 5.53. The zero-order chi connectivity index (χ0) is 14.0. The molecular weight excluding hydrogens is 265 g/mol. The Morgan fingerprint density at radius 3 is 2.33 bits per heavy atom. The first-order chi connectivity index (χ1) is 8.02. The van der Waals surface area contributed by atoms with Gasteiger partial charge in [-0.15, -0.1) is 3.89 Å². The fraction of sp³-hybridized carbons (Fsp3) is 0.900. The molecule has 0 aromatic heterocycles. The van der Waals surface area contributed by atoms with Crippen molar-refractivity contribution < 1.29 is 26.6 Å². The summed E-state index contributed by atoms with van der Waals surface area (Å²) in [6, 6.07) is 0. The number of ether oxygens (including phenoxy) is 2. The number of nitrogens with one attached hydrogen (secondary N) is 1. The third kappa shape index (κ3) is 5.18. The van der Waals surface area contributed by atoms with Crippen LogP contribution in [0.3, 0.4) is 0 Å². The largest absolute Gasteiger partial charge is 0.444 e. The summed E-state index contributed by atoms with van der Waals surface area (Å²) in [5, 5.41) is 2.43. The lowest BCUT2D eigenvalue weighted by atomic mass is 9.88. The Morgan fingerprint density at radius 1 is 1.44 bits per heavy atom. The van der Waals surface area contributed by atoms with Crippen molar-refractivity contribution in [2.75, 3.05) is 25.5 Å². The van der Waals surface area contributed by atoms with Gasteiger partial charge in [-0.2, -0.15) is 8.42 Å². The number of halogens is 1. The Balaban J connectivity index is 2.48. The van der Waals surface area contributed by atoms with Crippen LogP contribution < -0.4 is 5.32 Å². The minimum Gasteiger partial charge on any atom is -0.444 e. The monoisotopic (exact) mass is 283 g/mol. The summed E-state index contributed by atoms with van der Waals surface area (Å²) in [6.45, 7) is 5.34. The van der Waals surface area contributed by atoms with E-state index < -0.39 is 33.1 Å². The van der Waals surface area contributed by atoms with Crippen molar-refractivity contribution in [2.24, 2.45) is 5.41 Å². The first-order valence-corrected chi connectivity index (χ1v) is 7.04. The van der Waals surface area contributed by atoms with E-state index in [9.17, 15) is 17.1 Å². The van der Waals surface area contributed by atoms with Crippen LogP contribution in [0.4, 0.5) is 8.68 Å². The molecule has 1 amide bonds. The number of hydrogen-bond donors (Lipinski definition) is 1. The number of carbonyl (C=O) groups excluding carboxylic acids is 1. The van der Waals surface area contributed by atoms with Gasteiger partial charge in [0.2, 0.25) is 0 Å². The van der Waals surface area contributed by atoms with E-state index >= 15 is 0 Å². The highest BCUT2D eigenvalue weighted by atomic mass is 32.3. The Labute approximate surface area is 106 Å². The number of alkyl carbamates (subject to hydrolysis) is 1. The molecule has 106 valence electrons. The van der Waals surface area contributed by atoms with Crippen molar-refractivity contribution in [1.29, 1.82) is 0 Å². The molecule has 1 aliphatic heterocycles. The maximum absolute atomic E-state index is 12.7. The van der Waals surface area contributed by atoms with Gasteiger partial charge in [-0.3, -0.25) is 0 Å². The van der Waals surface area contributed by atoms with E-state index in [4.69, 9.17) is 9.47 Å². The van der Waals surface area contributed by atoms with Gasteiger partial charge >= 0.3 is 16.3 Å². The predicted molar refractivity (Wildman–Crippen MR) is 62.4 cm³/mol. The van der Waals surface area contributed by atoms with Gasteiger partial charge in [0, 0.05) is 6.54 Å². The van der Waals surface area contributed by atoms with Crippen LogP contribution in [0.1, 0.15) is 20.8 Å². The van der Waals surface area contributed by atoms with Gasteiger partial charge in [0.1, 0.15) is 5.60 Å². The van der Waals surface area contributed by atoms with Crippen LogP contribution in [-0.4, -0.2) is 45.6 Å². The molecule has 1 saturated heterocycles. The average molecular weight is 283 g/mol. The van der Waals surface area contributed by atoms with Gasteiger partial charge in [-0.25, -0.2) is 4.79 Å². The lowest BCUT2D eigenvalue weighted by molar-refractivity contribution is -0.0969. The van der Waals surface area contributed by atoms with Crippen molar-refractivity contribution in [3.05, 3.63) is 0 Å². The summed E-state index contributed by atoms with van der Waals surface area (Å²) in [4.78, 5) is 11.4. The number of hydrogen-bond acceptors (Lipinski definition) is 5. The predicted octanol–water partition coefficient (Wildman–Crippen LogP) is 0.827. The molecule has 0 bridgehead atoms. The molecule has 0 saturated carbocycles. The second-order valence-corrected chi connectivity index (χ2v) is 6.90. The molecule has 0 spiro atoms. The van der Waals surface area contributed by atoms with Crippen molar-refractivity contribution in [2.45, 2.75) is 26.4 Å². The van der Waals surface area contributed by atoms with Crippen LogP contribution in [0.15, 0.2) is 0 Å². The van der Waals surface area contributed by atoms with Gasteiger partial charge in [-0.05, 0) is 20.8 Å². The third-order valence-electron chi connectivity index (χ3n) is 2.30. The SMILES string of the molecule is CC(C)(C)OC(=O)NCC1(CS(=O)(=O)F)COC1. The first-order valence-electron chi connectivity index (χ1n) is 5.48. The Bertz CT molecular complexity index is 410. The van der Waals surface area contributed by atoms with E-state index in [0.717, 1.165) is 0 Å².